The summed E-state index contributed by atoms with van der Waals surface area (Å²) < 4.78 is 10.2. The topological polar surface area (TPSA) is 77.5 Å². The van der Waals surface area contributed by atoms with Crippen LogP contribution in [-0.2, 0) is 14.3 Å². The molecule has 2 rings (SSSR count). The fourth-order valence-corrected chi connectivity index (χ4v) is 2.45. The third kappa shape index (κ3) is 6.25. The summed E-state index contributed by atoms with van der Waals surface area (Å²) in [5.41, 5.74) is 2.05. The SMILES string of the molecule is Cc1cc(C)cc(OCC(=O)OCC(=O)Nc2ncc(Cl)cc2Cl)c1. The van der Waals surface area contributed by atoms with Gasteiger partial charge in [-0.2, -0.15) is 0 Å². The number of nitrogens with zero attached hydrogens (tertiary/aromatic N) is 1. The number of rotatable bonds is 6. The molecule has 1 amide bonds. The number of nitrogens with one attached hydrogen (secondary N) is 1. The first kappa shape index (κ1) is 19.0. The van der Waals surface area contributed by atoms with E-state index in [4.69, 9.17) is 32.7 Å². The highest BCUT2D eigenvalue weighted by molar-refractivity contribution is 6.36. The molecule has 0 aliphatic rings. The maximum Gasteiger partial charge on any atom is 0.344 e. The zero-order chi connectivity index (χ0) is 18.4. The Kier molecular flexibility index (Phi) is 6.61. The van der Waals surface area contributed by atoms with Crippen molar-refractivity contribution in [3.8, 4) is 5.75 Å². The highest BCUT2D eigenvalue weighted by Crippen LogP contribution is 2.22. The van der Waals surface area contributed by atoms with Crippen molar-refractivity contribution in [3.63, 3.8) is 0 Å². The van der Waals surface area contributed by atoms with E-state index in [2.05, 4.69) is 10.3 Å². The van der Waals surface area contributed by atoms with Gasteiger partial charge in [-0.3, -0.25) is 4.79 Å². The molecule has 2 aromatic rings. The summed E-state index contributed by atoms with van der Waals surface area (Å²) in [7, 11) is 0. The number of hydrogen-bond acceptors (Lipinski definition) is 5. The molecule has 0 radical (unpaired) electrons. The number of amides is 1. The van der Waals surface area contributed by atoms with E-state index in [-0.39, 0.29) is 17.4 Å². The average molecular weight is 383 g/mol. The number of ether oxygens (including phenoxy) is 2. The predicted molar refractivity (Wildman–Crippen MR) is 95.3 cm³/mol. The monoisotopic (exact) mass is 382 g/mol. The molecule has 0 atom stereocenters. The summed E-state index contributed by atoms with van der Waals surface area (Å²) in [5.74, 6) is -0.532. The molecule has 1 aromatic carbocycles. The quantitative estimate of drug-likeness (QED) is 0.772. The van der Waals surface area contributed by atoms with Gasteiger partial charge in [0.15, 0.2) is 19.0 Å². The van der Waals surface area contributed by atoms with Crippen LogP contribution in [0, 0.1) is 13.8 Å². The first-order valence-corrected chi connectivity index (χ1v) is 8.06. The number of anilines is 1. The van der Waals surface area contributed by atoms with Crippen molar-refractivity contribution in [2.75, 3.05) is 18.5 Å². The van der Waals surface area contributed by atoms with Crippen LogP contribution < -0.4 is 10.1 Å². The first-order chi connectivity index (χ1) is 11.8. The minimum absolute atomic E-state index is 0.138. The molecule has 1 N–H and O–H groups in total. The van der Waals surface area contributed by atoms with Gasteiger partial charge in [0.2, 0.25) is 0 Å². The maximum atomic E-state index is 11.8. The molecule has 8 heteroatoms. The fourth-order valence-electron chi connectivity index (χ4n) is 2.02. The molecule has 0 saturated carbocycles. The highest BCUT2D eigenvalue weighted by atomic mass is 35.5. The Labute approximate surface area is 155 Å². The summed E-state index contributed by atoms with van der Waals surface area (Å²) in [5, 5.41) is 2.95. The Morgan fingerprint density at radius 3 is 2.40 bits per heavy atom. The molecule has 6 nitrogen and oxygen atoms in total. The van der Waals surface area contributed by atoms with Gasteiger partial charge in [-0.1, -0.05) is 29.3 Å². The Hall–Kier alpha value is -2.31. The summed E-state index contributed by atoms with van der Waals surface area (Å²) in [6.45, 7) is 3.09. The molecule has 0 aliphatic heterocycles. The average Bonchev–Trinajstić information content (AvgIpc) is 2.53. The minimum atomic E-state index is -0.663. The van der Waals surface area contributed by atoms with Crippen LogP contribution in [0.5, 0.6) is 5.75 Å². The molecule has 1 aromatic heterocycles. The van der Waals surface area contributed by atoms with Crippen LogP contribution in [0.15, 0.2) is 30.5 Å². The number of aromatic nitrogens is 1. The zero-order valence-corrected chi connectivity index (χ0v) is 15.1. The number of carbonyl (C=O) groups is 2. The Balaban J connectivity index is 1.78. The maximum absolute atomic E-state index is 11.8. The van der Waals surface area contributed by atoms with E-state index in [0.717, 1.165) is 11.1 Å². The molecule has 0 aliphatic carbocycles. The standard InChI is InChI=1S/C17H16Cl2N2O4/c1-10-3-11(2)5-13(4-10)24-9-16(23)25-8-15(22)21-17-14(19)6-12(18)7-20-17/h3-7H,8-9H2,1-2H3,(H,20,21,22). The molecule has 0 unspecified atom stereocenters. The number of aryl methyl sites for hydroxylation is 2. The van der Waals surface area contributed by atoms with Gasteiger partial charge in [0.25, 0.3) is 5.91 Å². The lowest BCUT2D eigenvalue weighted by atomic mass is 10.1. The van der Waals surface area contributed by atoms with Crippen molar-refractivity contribution in [2.45, 2.75) is 13.8 Å². The van der Waals surface area contributed by atoms with Crippen LogP contribution in [0.3, 0.4) is 0 Å². The number of hydrogen-bond donors (Lipinski definition) is 1. The van der Waals surface area contributed by atoms with E-state index in [1.165, 1.54) is 12.3 Å². The van der Waals surface area contributed by atoms with Crippen LogP contribution in [0.2, 0.25) is 10.0 Å². The van der Waals surface area contributed by atoms with E-state index >= 15 is 0 Å². The van der Waals surface area contributed by atoms with Crippen LogP contribution in [0.25, 0.3) is 0 Å². The summed E-state index contributed by atoms with van der Waals surface area (Å²) in [6, 6.07) is 7.04. The second kappa shape index (κ2) is 8.69. The molecule has 25 heavy (non-hydrogen) atoms. The van der Waals surface area contributed by atoms with Gasteiger partial charge >= 0.3 is 5.97 Å². The normalized spacial score (nSPS) is 10.2. The lowest BCUT2D eigenvalue weighted by Gasteiger charge is -2.09. The van der Waals surface area contributed by atoms with Crippen molar-refractivity contribution < 1.29 is 19.1 Å². The molecular formula is C17H16Cl2N2O4. The van der Waals surface area contributed by atoms with Gasteiger partial charge in [0.05, 0.1) is 10.0 Å². The van der Waals surface area contributed by atoms with Gasteiger partial charge in [-0.15, -0.1) is 0 Å². The van der Waals surface area contributed by atoms with E-state index in [0.29, 0.717) is 10.8 Å². The predicted octanol–water partition coefficient (Wildman–Crippen LogP) is 3.57. The van der Waals surface area contributed by atoms with E-state index in [1.807, 2.05) is 19.9 Å². The van der Waals surface area contributed by atoms with Crippen LogP contribution in [0.1, 0.15) is 11.1 Å². The van der Waals surface area contributed by atoms with Gasteiger partial charge < -0.3 is 14.8 Å². The zero-order valence-electron chi connectivity index (χ0n) is 13.6. The van der Waals surface area contributed by atoms with Crippen LogP contribution in [-0.4, -0.2) is 30.1 Å². The smallest absolute Gasteiger partial charge is 0.344 e. The highest BCUT2D eigenvalue weighted by Gasteiger charge is 2.11. The van der Waals surface area contributed by atoms with E-state index in [9.17, 15) is 9.59 Å². The lowest BCUT2D eigenvalue weighted by molar-refractivity contribution is -0.149. The fraction of sp³-hybridized carbons (Fsp3) is 0.235. The van der Waals surface area contributed by atoms with Crippen molar-refractivity contribution in [3.05, 3.63) is 51.6 Å². The Morgan fingerprint density at radius 2 is 1.76 bits per heavy atom. The third-order valence-corrected chi connectivity index (χ3v) is 3.48. The van der Waals surface area contributed by atoms with Crippen molar-refractivity contribution in [1.29, 1.82) is 0 Å². The number of esters is 1. The molecule has 0 spiro atoms. The third-order valence-electron chi connectivity index (χ3n) is 2.98. The van der Waals surface area contributed by atoms with Crippen molar-refractivity contribution in [2.24, 2.45) is 0 Å². The second-order valence-corrected chi connectivity index (χ2v) is 6.15. The van der Waals surface area contributed by atoms with Crippen molar-refractivity contribution >= 4 is 40.9 Å². The van der Waals surface area contributed by atoms with E-state index < -0.39 is 18.5 Å². The number of halogens is 2. The summed E-state index contributed by atoms with van der Waals surface area (Å²) in [4.78, 5) is 27.3. The number of carbonyl (C=O) groups excluding carboxylic acids is 2. The molecule has 132 valence electrons. The Morgan fingerprint density at radius 1 is 1.08 bits per heavy atom. The summed E-state index contributed by atoms with van der Waals surface area (Å²) >= 11 is 11.6. The number of benzene rings is 1. The molecular weight excluding hydrogens is 367 g/mol. The first-order valence-electron chi connectivity index (χ1n) is 7.31. The van der Waals surface area contributed by atoms with Gasteiger partial charge in [0.1, 0.15) is 5.75 Å². The van der Waals surface area contributed by atoms with Crippen molar-refractivity contribution in [1.82, 2.24) is 4.98 Å². The minimum Gasteiger partial charge on any atom is -0.482 e. The second-order valence-electron chi connectivity index (χ2n) is 5.30. The Bertz CT molecular complexity index is 776. The number of pyridine rings is 1. The van der Waals surface area contributed by atoms with Gasteiger partial charge in [0, 0.05) is 6.20 Å². The largest absolute Gasteiger partial charge is 0.482 e. The molecule has 0 fully saturated rings. The molecule has 1 heterocycles. The van der Waals surface area contributed by atoms with Crippen LogP contribution >= 0.6 is 23.2 Å². The molecule has 0 saturated heterocycles. The molecule has 0 bridgehead atoms. The van der Waals surface area contributed by atoms with Crippen LogP contribution in [0.4, 0.5) is 5.82 Å². The lowest BCUT2D eigenvalue weighted by Crippen LogP contribution is -2.24. The summed E-state index contributed by atoms with van der Waals surface area (Å²) in [6.07, 6.45) is 1.34. The van der Waals surface area contributed by atoms with Gasteiger partial charge in [-0.25, -0.2) is 9.78 Å². The van der Waals surface area contributed by atoms with E-state index in [1.54, 1.807) is 12.1 Å². The van der Waals surface area contributed by atoms with Gasteiger partial charge in [-0.05, 0) is 43.2 Å².